The van der Waals surface area contributed by atoms with Crippen LogP contribution in [0.2, 0.25) is 0 Å². The lowest BCUT2D eigenvalue weighted by atomic mass is 9.89. The Balaban J connectivity index is 1.73. The fourth-order valence-electron chi connectivity index (χ4n) is 3.94. The van der Waals surface area contributed by atoms with Gasteiger partial charge in [0.2, 0.25) is 0 Å². The average Bonchev–Trinajstić information content (AvgIpc) is 2.73. The van der Waals surface area contributed by atoms with Crippen molar-refractivity contribution in [3.63, 3.8) is 0 Å². The van der Waals surface area contributed by atoms with Gasteiger partial charge in [-0.15, -0.1) is 0 Å². The lowest BCUT2D eigenvalue weighted by Crippen LogP contribution is -2.42. The van der Waals surface area contributed by atoms with Crippen molar-refractivity contribution in [2.75, 3.05) is 32.1 Å². The van der Waals surface area contributed by atoms with E-state index in [1.165, 1.54) is 0 Å². The number of rotatable bonds is 6. The molecule has 1 aromatic carbocycles. The number of pyridine rings is 1. The highest BCUT2D eigenvalue weighted by Crippen LogP contribution is 2.28. The van der Waals surface area contributed by atoms with Crippen molar-refractivity contribution in [2.24, 2.45) is 11.8 Å². The highest BCUT2D eigenvalue weighted by Gasteiger charge is 2.29. The summed E-state index contributed by atoms with van der Waals surface area (Å²) in [6.45, 7) is 5.35. The number of hydrogen-bond donors (Lipinski definition) is 0. The van der Waals surface area contributed by atoms with Crippen LogP contribution < -0.4 is 4.90 Å². The number of likely N-dealkylation sites (tertiary alicyclic amines) is 1. The minimum Gasteiger partial charge on any atom is -0.377 e. The Labute approximate surface area is 173 Å². The van der Waals surface area contributed by atoms with Crippen LogP contribution in [-0.4, -0.2) is 48.8 Å². The molecule has 1 aliphatic heterocycles. The van der Waals surface area contributed by atoms with Gasteiger partial charge in [-0.05, 0) is 37.0 Å². The van der Waals surface area contributed by atoms with Gasteiger partial charge in [0.25, 0.3) is 5.91 Å². The maximum Gasteiger partial charge on any atom is 0.255 e. The second-order valence-corrected chi connectivity index (χ2v) is 8.50. The molecule has 2 aromatic rings. The molecule has 0 saturated carbocycles. The monoisotopic (exact) mass is 393 g/mol. The van der Waals surface area contributed by atoms with E-state index in [0.717, 1.165) is 29.8 Å². The topological polar surface area (TPSA) is 53.5 Å². The summed E-state index contributed by atoms with van der Waals surface area (Å²) in [5.41, 5.74) is 3.54. The molecule has 0 bridgehead atoms. The fourth-order valence-corrected chi connectivity index (χ4v) is 3.94. The molecule has 3 rings (SSSR count). The van der Waals surface area contributed by atoms with Gasteiger partial charge in [0, 0.05) is 57.0 Å². The van der Waals surface area contributed by atoms with Gasteiger partial charge in [-0.2, -0.15) is 0 Å². The number of ketones is 1. The number of nitrogens with zero attached hydrogens (tertiary/aromatic N) is 3. The molecular weight excluding hydrogens is 362 g/mol. The molecule has 5 nitrogen and oxygen atoms in total. The molecule has 2 heterocycles. The van der Waals surface area contributed by atoms with Crippen molar-refractivity contribution in [1.82, 2.24) is 9.88 Å². The van der Waals surface area contributed by atoms with E-state index in [4.69, 9.17) is 0 Å². The highest BCUT2D eigenvalue weighted by molar-refractivity contribution is 5.95. The summed E-state index contributed by atoms with van der Waals surface area (Å²) in [5.74, 6) is 0.572. The number of carbonyl (C=O) groups is 2. The van der Waals surface area contributed by atoms with Gasteiger partial charge in [-0.25, -0.2) is 0 Å². The molecule has 1 aromatic heterocycles. The minimum atomic E-state index is -0.0352. The van der Waals surface area contributed by atoms with Crippen molar-refractivity contribution in [2.45, 2.75) is 33.1 Å². The van der Waals surface area contributed by atoms with Gasteiger partial charge in [0.05, 0.1) is 11.3 Å². The highest BCUT2D eigenvalue weighted by atomic mass is 16.2. The molecule has 1 atom stereocenters. The number of carbonyl (C=O) groups excluding carboxylic acids is 2. The van der Waals surface area contributed by atoms with Crippen LogP contribution in [0.25, 0.3) is 11.3 Å². The number of amides is 1. The van der Waals surface area contributed by atoms with E-state index >= 15 is 0 Å². The molecule has 1 unspecified atom stereocenters. The second kappa shape index (κ2) is 9.21. The van der Waals surface area contributed by atoms with Crippen LogP contribution in [0.1, 0.15) is 43.5 Å². The predicted molar refractivity (Wildman–Crippen MR) is 117 cm³/mol. The summed E-state index contributed by atoms with van der Waals surface area (Å²) in [7, 11) is 4.01. The fraction of sp³-hybridized carbons (Fsp3) is 0.458. The van der Waals surface area contributed by atoms with E-state index in [0.29, 0.717) is 31.0 Å². The first-order valence-corrected chi connectivity index (χ1v) is 10.4. The summed E-state index contributed by atoms with van der Waals surface area (Å²) in [4.78, 5) is 33.9. The van der Waals surface area contributed by atoms with Gasteiger partial charge >= 0.3 is 0 Å². The smallest absolute Gasteiger partial charge is 0.255 e. The summed E-state index contributed by atoms with van der Waals surface area (Å²) in [6.07, 6.45) is 4.01. The van der Waals surface area contributed by atoms with Gasteiger partial charge in [0.1, 0.15) is 5.78 Å². The molecule has 29 heavy (non-hydrogen) atoms. The molecule has 1 fully saturated rings. The lowest BCUT2D eigenvalue weighted by molar-refractivity contribution is -0.124. The standard InChI is InChI=1S/C24H31N3O2/c1-17(2)14-23(28)19-8-7-13-27(16-19)24(29)18-11-12-21(25-15-18)20-9-5-6-10-22(20)26(3)4/h5-6,9-12,15,17,19H,7-8,13-14,16H2,1-4H3. The third-order valence-electron chi connectivity index (χ3n) is 5.45. The zero-order valence-corrected chi connectivity index (χ0v) is 17.9. The molecule has 0 spiro atoms. The number of Topliss-reactive ketones (excluding diaryl/α,β-unsaturated/α-hetero) is 1. The molecule has 0 radical (unpaired) electrons. The van der Waals surface area contributed by atoms with E-state index in [1.807, 2.05) is 49.3 Å². The van der Waals surface area contributed by atoms with Crippen molar-refractivity contribution in [1.29, 1.82) is 0 Å². The maximum absolute atomic E-state index is 13.0. The van der Waals surface area contributed by atoms with E-state index < -0.39 is 0 Å². The number of piperidine rings is 1. The van der Waals surface area contributed by atoms with Crippen LogP contribution in [0.15, 0.2) is 42.6 Å². The normalized spacial score (nSPS) is 16.7. The Kier molecular flexibility index (Phi) is 6.68. The van der Waals surface area contributed by atoms with Crippen LogP contribution in [0.3, 0.4) is 0 Å². The zero-order valence-electron chi connectivity index (χ0n) is 17.9. The number of para-hydroxylation sites is 1. The van der Waals surface area contributed by atoms with E-state index in [9.17, 15) is 9.59 Å². The van der Waals surface area contributed by atoms with Gasteiger partial charge in [0.15, 0.2) is 0 Å². The Bertz CT molecular complexity index is 859. The molecule has 1 saturated heterocycles. The first-order chi connectivity index (χ1) is 13.9. The van der Waals surface area contributed by atoms with E-state index in [2.05, 4.69) is 29.8 Å². The van der Waals surface area contributed by atoms with Crippen molar-refractivity contribution in [3.05, 3.63) is 48.2 Å². The Hall–Kier alpha value is -2.69. The third-order valence-corrected chi connectivity index (χ3v) is 5.45. The summed E-state index contributed by atoms with van der Waals surface area (Å²) >= 11 is 0. The quantitative estimate of drug-likeness (QED) is 0.735. The molecule has 154 valence electrons. The van der Waals surface area contributed by atoms with Crippen LogP contribution in [0.5, 0.6) is 0 Å². The van der Waals surface area contributed by atoms with Crippen molar-refractivity contribution in [3.8, 4) is 11.3 Å². The number of hydrogen-bond acceptors (Lipinski definition) is 4. The Morgan fingerprint density at radius 1 is 1.17 bits per heavy atom. The molecule has 0 N–H and O–H groups in total. The van der Waals surface area contributed by atoms with Gasteiger partial charge in [-0.3, -0.25) is 14.6 Å². The maximum atomic E-state index is 13.0. The SMILES string of the molecule is CC(C)CC(=O)C1CCCN(C(=O)c2ccc(-c3ccccc3N(C)C)nc2)C1. The van der Waals surface area contributed by atoms with Gasteiger partial charge < -0.3 is 9.80 Å². The van der Waals surface area contributed by atoms with Crippen molar-refractivity contribution >= 4 is 17.4 Å². The molecule has 5 heteroatoms. The van der Waals surface area contributed by atoms with Crippen LogP contribution in [-0.2, 0) is 4.79 Å². The predicted octanol–water partition coefficient (Wildman–Crippen LogP) is 4.28. The molecule has 1 aliphatic rings. The molecule has 0 aliphatic carbocycles. The van der Waals surface area contributed by atoms with E-state index in [-0.39, 0.29) is 17.6 Å². The Morgan fingerprint density at radius 3 is 2.59 bits per heavy atom. The van der Waals surface area contributed by atoms with E-state index in [1.54, 1.807) is 6.20 Å². The Morgan fingerprint density at radius 2 is 1.93 bits per heavy atom. The molecule has 1 amide bonds. The number of anilines is 1. The van der Waals surface area contributed by atoms with Crippen LogP contribution in [0.4, 0.5) is 5.69 Å². The summed E-state index contributed by atoms with van der Waals surface area (Å²) in [6, 6.07) is 11.8. The summed E-state index contributed by atoms with van der Waals surface area (Å²) < 4.78 is 0. The lowest BCUT2D eigenvalue weighted by Gasteiger charge is -2.32. The number of aromatic nitrogens is 1. The van der Waals surface area contributed by atoms with Crippen molar-refractivity contribution < 1.29 is 9.59 Å². The average molecular weight is 394 g/mol. The van der Waals surface area contributed by atoms with Crippen LogP contribution >= 0.6 is 0 Å². The first kappa shape index (κ1) is 21.0. The van der Waals surface area contributed by atoms with Crippen LogP contribution in [0, 0.1) is 11.8 Å². The second-order valence-electron chi connectivity index (χ2n) is 8.50. The third kappa shape index (κ3) is 5.03. The minimum absolute atomic E-state index is 0.0331. The molecular formula is C24H31N3O2. The zero-order chi connectivity index (χ0) is 21.0. The number of benzene rings is 1. The van der Waals surface area contributed by atoms with Gasteiger partial charge in [-0.1, -0.05) is 32.0 Å². The summed E-state index contributed by atoms with van der Waals surface area (Å²) in [5, 5.41) is 0. The largest absolute Gasteiger partial charge is 0.377 e. The first-order valence-electron chi connectivity index (χ1n) is 10.4.